The van der Waals surface area contributed by atoms with Crippen molar-refractivity contribution in [3.8, 4) is 11.3 Å². The van der Waals surface area contributed by atoms with E-state index in [9.17, 15) is 13.2 Å². The number of rotatable bonds is 5. The number of anilines is 2. The molecule has 30 heavy (non-hydrogen) atoms. The van der Waals surface area contributed by atoms with E-state index < -0.39 is 10.0 Å². The lowest BCUT2D eigenvalue weighted by Gasteiger charge is -2.21. The first-order valence-electron chi connectivity index (χ1n) is 9.64. The lowest BCUT2D eigenvalue weighted by molar-refractivity contribution is -0.115. The van der Waals surface area contributed by atoms with Crippen molar-refractivity contribution >= 4 is 38.6 Å². The van der Waals surface area contributed by atoms with E-state index in [-0.39, 0.29) is 18.4 Å². The van der Waals surface area contributed by atoms with Gasteiger partial charge in [-0.2, -0.15) is 0 Å². The summed E-state index contributed by atoms with van der Waals surface area (Å²) in [6.45, 7) is 3.89. The molecule has 156 valence electrons. The Hall–Kier alpha value is -2.71. The molecule has 8 heteroatoms. The number of aromatic nitrogens is 1. The molecular weight excluding hydrogens is 418 g/mol. The van der Waals surface area contributed by atoms with E-state index in [1.54, 1.807) is 0 Å². The van der Waals surface area contributed by atoms with E-state index in [1.807, 2.05) is 61.7 Å². The zero-order chi connectivity index (χ0) is 21.5. The van der Waals surface area contributed by atoms with Crippen molar-refractivity contribution in [2.45, 2.75) is 32.7 Å². The van der Waals surface area contributed by atoms with Crippen molar-refractivity contribution in [1.82, 2.24) is 4.98 Å². The van der Waals surface area contributed by atoms with Gasteiger partial charge in [0.25, 0.3) is 0 Å². The molecule has 6 nitrogen and oxygen atoms in total. The van der Waals surface area contributed by atoms with Crippen LogP contribution in [0.2, 0.25) is 0 Å². The van der Waals surface area contributed by atoms with Gasteiger partial charge in [-0.1, -0.05) is 18.2 Å². The summed E-state index contributed by atoms with van der Waals surface area (Å²) < 4.78 is 25.7. The van der Waals surface area contributed by atoms with Crippen molar-refractivity contribution in [2.24, 2.45) is 0 Å². The predicted octanol–water partition coefficient (Wildman–Crippen LogP) is 4.01. The van der Waals surface area contributed by atoms with Crippen LogP contribution in [0.1, 0.15) is 23.1 Å². The minimum Gasteiger partial charge on any atom is -0.326 e. The maximum absolute atomic E-state index is 12.4. The van der Waals surface area contributed by atoms with Crippen molar-refractivity contribution < 1.29 is 13.2 Å². The normalized spacial score (nSPS) is 15.8. The van der Waals surface area contributed by atoms with Gasteiger partial charge in [-0.3, -0.25) is 9.10 Å². The number of fused-ring (bicyclic) bond motifs is 1. The third-order valence-corrected chi connectivity index (χ3v) is 7.17. The lowest BCUT2D eigenvalue weighted by atomic mass is 10.1. The van der Waals surface area contributed by atoms with Gasteiger partial charge in [0, 0.05) is 22.7 Å². The number of thiazole rings is 1. The smallest absolute Gasteiger partial charge is 0.232 e. The minimum atomic E-state index is -3.31. The summed E-state index contributed by atoms with van der Waals surface area (Å²) in [4.78, 5) is 17.0. The molecule has 0 fully saturated rings. The Kier molecular flexibility index (Phi) is 5.38. The molecule has 0 bridgehead atoms. The molecule has 4 rings (SSSR count). The first kappa shape index (κ1) is 20.6. The van der Waals surface area contributed by atoms with Crippen molar-refractivity contribution in [3.63, 3.8) is 0 Å². The molecule has 1 amide bonds. The molecule has 1 N–H and O–H groups in total. The van der Waals surface area contributed by atoms with Gasteiger partial charge in [-0.15, -0.1) is 11.3 Å². The highest BCUT2D eigenvalue weighted by Gasteiger charge is 2.32. The molecule has 0 aliphatic carbocycles. The number of sulfonamides is 1. The molecule has 2 aromatic carbocycles. The van der Waals surface area contributed by atoms with E-state index in [1.165, 1.54) is 21.9 Å². The highest BCUT2D eigenvalue weighted by Crippen LogP contribution is 2.37. The van der Waals surface area contributed by atoms with Crippen LogP contribution < -0.4 is 9.62 Å². The fourth-order valence-corrected chi connectivity index (χ4v) is 5.92. The van der Waals surface area contributed by atoms with Crippen LogP contribution in [-0.2, 0) is 27.7 Å². The number of amides is 1. The van der Waals surface area contributed by atoms with Crippen molar-refractivity contribution in [1.29, 1.82) is 0 Å². The first-order valence-corrected chi connectivity index (χ1v) is 12.4. The number of aryl methyl sites for hydroxylation is 1. The van der Waals surface area contributed by atoms with Crippen molar-refractivity contribution in [2.75, 3.05) is 15.9 Å². The molecule has 0 saturated carbocycles. The quantitative estimate of drug-likeness (QED) is 0.649. The summed E-state index contributed by atoms with van der Waals surface area (Å²) in [7, 11) is -3.31. The maximum Gasteiger partial charge on any atom is 0.232 e. The highest BCUT2D eigenvalue weighted by atomic mass is 32.2. The molecule has 1 aromatic heterocycles. The van der Waals surface area contributed by atoms with Gasteiger partial charge in [0.05, 0.1) is 24.1 Å². The average molecular weight is 442 g/mol. The monoisotopic (exact) mass is 441 g/mol. The van der Waals surface area contributed by atoms with Gasteiger partial charge in [-0.05, 0) is 55.7 Å². The number of benzene rings is 2. The standard InChI is InChI=1S/C22H23N3O3S2/c1-14-5-4-6-18(9-14)23-21(26)12-22-24-19(13-29-22)16-7-8-20-17(11-16)10-15(2)25(20)30(3,27)28/h4-9,11,13,15H,10,12H2,1-3H3,(H,23,26). The van der Waals surface area contributed by atoms with Crippen LogP contribution in [0.5, 0.6) is 0 Å². The second kappa shape index (κ2) is 7.85. The van der Waals surface area contributed by atoms with Gasteiger partial charge in [0.1, 0.15) is 5.01 Å². The SMILES string of the molecule is Cc1cccc(NC(=O)Cc2nc(-c3ccc4c(c3)CC(C)N4S(C)(=O)=O)cs2)c1. The van der Waals surface area contributed by atoms with Crippen LogP contribution in [-0.4, -0.2) is 31.6 Å². The fourth-order valence-electron chi connectivity index (χ4n) is 3.86. The Bertz CT molecular complexity index is 1220. The van der Waals surface area contributed by atoms with Crippen LogP contribution >= 0.6 is 11.3 Å². The highest BCUT2D eigenvalue weighted by molar-refractivity contribution is 7.92. The number of nitrogens with zero attached hydrogens (tertiary/aromatic N) is 2. The molecular formula is C22H23N3O3S2. The summed E-state index contributed by atoms with van der Waals surface area (Å²) >= 11 is 1.45. The third-order valence-electron chi connectivity index (χ3n) is 5.05. The Balaban J connectivity index is 1.50. The zero-order valence-electron chi connectivity index (χ0n) is 17.0. The first-order chi connectivity index (χ1) is 14.2. The van der Waals surface area contributed by atoms with Gasteiger partial charge < -0.3 is 5.32 Å². The second-order valence-electron chi connectivity index (χ2n) is 7.68. The Morgan fingerprint density at radius 1 is 1.27 bits per heavy atom. The van der Waals surface area contributed by atoms with Gasteiger partial charge in [-0.25, -0.2) is 13.4 Å². The Morgan fingerprint density at radius 3 is 2.80 bits per heavy atom. The van der Waals surface area contributed by atoms with E-state index in [2.05, 4.69) is 10.3 Å². The molecule has 1 aliphatic rings. The number of carbonyl (C=O) groups excluding carboxylic acids is 1. The lowest BCUT2D eigenvalue weighted by Crippen LogP contribution is -2.34. The molecule has 0 spiro atoms. The number of carbonyl (C=O) groups is 1. The van der Waals surface area contributed by atoms with Crippen LogP contribution in [0.15, 0.2) is 47.8 Å². The number of nitrogens with one attached hydrogen (secondary N) is 1. The summed E-state index contributed by atoms with van der Waals surface area (Å²) in [5.41, 5.74) is 5.33. The Morgan fingerprint density at radius 2 is 2.07 bits per heavy atom. The molecule has 0 saturated heterocycles. The van der Waals surface area contributed by atoms with Gasteiger partial charge in [0.2, 0.25) is 15.9 Å². The Labute approximate surface area is 180 Å². The largest absolute Gasteiger partial charge is 0.326 e. The molecule has 2 heterocycles. The average Bonchev–Trinajstić information content (AvgIpc) is 3.23. The number of hydrogen-bond acceptors (Lipinski definition) is 5. The third kappa shape index (κ3) is 4.24. The van der Waals surface area contributed by atoms with Crippen LogP contribution in [0.3, 0.4) is 0 Å². The van der Waals surface area contributed by atoms with E-state index in [4.69, 9.17) is 0 Å². The van der Waals surface area contributed by atoms with E-state index >= 15 is 0 Å². The minimum absolute atomic E-state index is 0.0958. The molecule has 0 radical (unpaired) electrons. The van der Waals surface area contributed by atoms with Crippen LogP contribution in [0.25, 0.3) is 11.3 Å². The molecule has 1 atom stereocenters. The van der Waals surface area contributed by atoms with Crippen molar-refractivity contribution in [3.05, 3.63) is 64.0 Å². The molecule has 1 unspecified atom stereocenters. The summed E-state index contributed by atoms with van der Waals surface area (Å²) in [5.74, 6) is -0.104. The molecule has 3 aromatic rings. The fraction of sp³-hybridized carbons (Fsp3) is 0.273. The topological polar surface area (TPSA) is 79.4 Å². The van der Waals surface area contributed by atoms with E-state index in [0.29, 0.717) is 6.42 Å². The summed E-state index contributed by atoms with van der Waals surface area (Å²) in [6, 6.07) is 13.3. The van der Waals surface area contributed by atoms with Crippen LogP contribution in [0, 0.1) is 6.92 Å². The molecule has 1 aliphatic heterocycles. The van der Waals surface area contributed by atoms with Gasteiger partial charge >= 0.3 is 0 Å². The second-order valence-corrected chi connectivity index (χ2v) is 10.5. The van der Waals surface area contributed by atoms with Gasteiger partial charge in [0.15, 0.2) is 0 Å². The summed E-state index contributed by atoms with van der Waals surface area (Å²) in [6.07, 6.45) is 2.12. The zero-order valence-corrected chi connectivity index (χ0v) is 18.7. The number of hydrogen-bond donors (Lipinski definition) is 1. The summed E-state index contributed by atoms with van der Waals surface area (Å²) in [5, 5.41) is 5.58. The van der Waals surface area contributed by atoms with Crippen LogP contribution in [0.4, 0.5) is 11.4 Å². The predicted molar refractivity (Wildman–Crippen MR) is 122 cm³/mol. The maximum atomic E-state index is 12.4. The van der Waals surface area contributed by atoms with E-state index in [0.717, 1.165) is 38.8 Å².